The van der Waals surface area contributed by atoms with Gasteiger partial charge in [0.1, 0.15) is 18.0 Å². The largest absolute Gasteiger partial charge is 0.490 e. The van der Waals surface area contributed by atoms with Crippen LogP contribution in [0.25, 0.3) is 11.1 Å². The number of hydrogen-bond acceptors (Lipinski definition) is 5. The molecule has 0 bridgehead atoms. The minimum atomic E-state index is -5.08. The lowest BCUT2D eigenvalue weighted by atomic mass is 9.90. The Morgan fingerprint density at radius 2 is 1.96 bits per heavy atom. The Kier molecular flexibility index (Phi) is 6.34. The maximum absolute atomic E-state index is 13.8. The van der Waals surface area contributed by atoms with Crippen LogP contribution in [0.1, 0.15) is 12.5 Å². The SMILES string of the molecule is CC1(c2cccc(-c3cccnc3F)c2)COCC(N)=N1.O=C(O)C(F)(F)F. The summed E-state index contributed by atoms with van der Waals surface area (Å²) in [4.78, 5) is 17.1. The number of carboxylic acid groups (broad SMARTS) is 1. The minimum Gasteiger partial charge on any atom is -0.475 e. The number of benzene rings is 1. The number of aromatic nitrogens is 1. The van der Waals surface area contributed by atoms with Crippen LogP contribution in [0.15, 0.2) is 47.6 Å². The van der Waals surface area contributed by atoms with Gasteiger partial charge in [-0.1, -0.05) is 18.2 Å². The second-order valence-corrected chi connectivity index (χ2v) is 6.10. The Morgan fingerprint density at radius 3 is 2.54 bits per heavy atom. The first-order valence-corrected chi connectivity index (χ1v) is 7.96. The van der Waals surface area contributed by atoms with E-state index in [0.29, 0.717) is 24.6 Å². The normalized spacial score (nSPS) is 19.2. The number of aliphatic imine (C=N–C) groups is 1. The number of aliphatic carboxylic acids is 1. The topological polar surface area (TPSA) is 97.8 Å². The van der Waals surface area contributed by atoms with Gasteiger partial charge in [0.25, 0.3) is 0 Å². The molecule has 2 aromatic rings. The third-order valence-electron chi connectivity index (χ3n) is 3.82. The van der Waals surface area contributed by atoms with Gasteiger partial charge in [0.2, 0.25) is 5.95 Å². The molecule has 0 saturated heterocycles. The molecular formula is C18H17F4N3O3. The molecule has 1 aliphatic rings. The zero-order chi connectivity index (χ0) is 20.9. The van der Waals surface area contributed by atoms with Gasteiger partial charge in [-0.05, 0) is 36.2 Å². The number of rotatable bonds is 2. The van der Waals surface area contributed by atoms with Crippen molar-refractivity contribution >= 4 is 11.8 Å². The summed E-state index contributed by atoms with van der Waals surface area (Å²) in [6.07, 6.45) is -3.65. The third-order valence-corrected chi connectivity index (χ3v) is 3.82. The van der Waals surface area contributed by atoms with E-state index in [2.05, 4.69) is 9.98 Å². The van der Waals surface area contributed by atoms with Crippen LogP contribution in [-0.2, 0) is 15.1 Å². The lowest BCUT2D eigenvalue weighted by Crippen LogP contribution is -2.37. The molecule has 0 radical (unpaired) electrons. The highest BCUT2D eigenvalue weighted by atomic mass is 19.4. The fourth-order valence-electron chi connectivity index (χ4n) is 2.51. The van der Waals surface area contributed by atoms with Gasteiger partial charge in [-0.15, -0.1) is 0 Å². The number of alkyl halides is 3. The molecule has 150 valence electrons. The van der Waals surface area contributed by atoms with E-state index in [1.165, 1.54) is 6.20 Å². The molecule has 1 atom stereocenters. The fourth-order valence-corrected chi connectivity index (χ4v) is 2.51. The van der Waals surface area contributed by atoms with Crippen molar-refractivity contribution in [1.82, 2.24) is 4.98 Å². The Labute approximate surface area is 157 Å². The van der Waals surface area contributed by atoms with Crippen molar-refractivity contribution in [1.29, 1.82) is 0 Å². The first-order valence-electron chi connectivity index (χ1n) is 7.96. The second-order valence-electron chi connectivity index (χ2n) is 6.10. The van der Waals surface area contributed by atoms with Gasteiger partial charge < -0.3 is 15.6 Å². The van der Waals surface area contributed by atoms with E-state index < -0.39 is 23.6 Å². The van der Waals surface area contributed by atoms with E-state index in [1.807, 2.05) is 31.2 Å². The highest BCUT2D eigenvalue weighted by Gasteiger charge is 2.38. The number of amidine groups is 1. The van der Waals surface area contributed by atoms with Crippen molar-refractivity contribution in [3.63, 3.8) is 0 Å². The zero-order valence-electron chi connectivity index (χ0n) is 14.7. The van der Waals surface area contributed by atoms with Crippen LogP contribution < -0.4 is 5.73 Å². The first kappa shape index (κ1) is 21.3. The molecule has 10 heteroatoms. The second kappa shape index (κ2) is 8.34. The summed E-state index contributed by atoms with van der Waals surface area (Å²) in [7, 11) is 0. The van der Waals surface area contributed by atoms with Crippen LogP contribution in [0.3, 0.4) is 0 Å². The van der Waals surface area contributed by atoms with Crippen LogP contribution >= 0.6 is 0 Å². The predicted molar refractivity (Wildman–Crippen MR) is 93.1 cm³/mol. The number of nitrogens with two attached hydrogens (primary N) is 1. The number of carboxylic acids is 1. The molecule has 0 aliphatic carbocycles. The average molecular weight is 399 g/mol. The minimum absolute atomic E-state index is 0.354. The van der Waals surface area contributed by atoms with E-state index in [-0.39, 0.29) is 0 Å². The first-order chi connectivity index (χ1) is 13.0. The van der Waals surface area contributed by atoms with E-state index in [0.717, 1.165) is 11.1 Å². The lowest BCUT2D eigenvalue weighted by molar-refractivity contribution is -0.192. The molecular weight excluding hydrogens is 382 g/mol. The number of hydrogen-bond donors (Lipinski definition) is 2. The number of pyridine rings is 1. The third kappa shape index (κ3) is 5.26. The maximum Gasteiger partial charge on any atom is 0.490 e. The summed E-state index contributed by atoms with van der Waals surface area (Å²) in [5, 5.41) is 7.12. The van der Waals surface area contributed by atoms with Gasteiger partial charge in [0.05, 0.1) is 6.61 Å². The maximum atomic E-state index is 13.8. The molecule has 0 amide bonds. The average Bonchev–Trinajstić information content (AvgIpc) is 2.62. The molecule has 2 heterocycles. The van der Waals surface area contributed by atoms with Gasteiger partial charge in [-0.2, -0.15) is 17.6 Å². The summed E-state index contributed by atoms with van der Waals surface area (Å²) >= 11 is 0. The molecule has 1 aliphatic heterocycles. The fraction of sp³-hybridized carbons (Fsp3) is 0.278. The van der Waals surface area contributed by atoms with Gasteiger partial charge >= 0.3 is 12.1 Å². The molecule has 1 aromatic heterocycles. The van der Waals surface area contributed by atoms with Crippen molar-refractivity contribution < 1.29 is 32.2 Å². The zero-order valence-corrected chi connectivity index (χ0v) is 14.7. The molecule has 0 fully saturated rings. The molecule has 1 unspecified atom stereocenters. The van der Waals surface area contributed by atoms with Crippen LogP contribution in [0.2, 0.25) is 0 Å². The predicted octanol–water partition coefficient (Wildman–Crippen LogP) is 3.12. The molecule has 0 spiro atoms. The van der Waals surface area contributed by atoms with E-state index in [1.54, 1.807) is 12.1 Å². The number of halogens is 4. The summed E-state index contributed by atoms with van der Waals surface area (Å²) in [5.74, 6) is -2.77. The van der Waals surface area contributed by atoms with Gasteiger partial charge in [0, 0.05) is 11.8 Å². The molecule has 1 aromatic carbocycles. The van der Waals surface area contributed by atoms with Crippen LogP contribution in [0, 0.1) is 5.95 Å². The monoisotopic (exact) mass is 399 g/mol. The molecule has 3 rings (SSSR count). The van der Waals surface area contributed by atoms with E-state index in [9.17, 15) is 17.6 Å². The van der Waals surface area contributed by atoms with Crippen molar-refractivity contribution in [2.24, 2.45) is 10.7 Å². The highest BCUT2D eigenvalue weighted by molar-refractivity contribution is 5.82. The highest BCUT2D eigenvalue weighted by Crippen LogP contribution is 2.31. The Bertz CT molecular complexity index is 886. The van der Waals surface area contributed by atoms with E-state index >= 15 is 0 Å². The molecule has 6 nitrogen and oxygen atoms in total. The van der Waals surface area contributed by atoms with Gasteiger partial charge in [-0.3, -0.25) is 4.99 Å². The number of ether oxygens (including phenoxy) is 1. The molecule has 0 saturated carbocycles. The van der Waals surface area contributed by atoms with Crippen molar-refractivity contribution in [3.05, 3.63) is 54.1 Å². The van der Waals surface area contributed by atoms with E-state index in [4.69, 9.17) is 20.4 Å². The van der Waals surface area contributed by atoms with Crippen molar-refractivity contribution in [3.8, 4) is 11.1 Å². The standard InChI is InChI=1S/C16H16FN3O.C2HF3O2/c1-16(10-21-9-14(18)20-16)12-5-2-4-11(8-12)13-6-3-7-19-15(13)17;3-2(4,5)1(6)7/h2-8H,9-10H2,1H3,(H2,18,20);(H,6,7). The quantitative estimate of drug-likeness (QED) is 0.597. The summed E-state index contributed by atoms with van der Waals surface area (Å²) in [6.45, 7) is 2.76. The molecule has 3 N–H and O–H groups in total. The number of nitrogens with zero attached hydrogens (tertiary/aromatic N) is 2. The van der Waals surface area contributed by atoms with Crippen molar-refractivity contribution in [2.45, 2.75) is 18.6 Å². The summed E-state index contributed by atoms with van der Waals surface area (Å²) in [6, 6.07) is 11.0. The lowest BCUT2D eigenvalue weighted by Gasteiger charge is -2.30. The Morgan fingerprint density at radius 1 is 1.29 bits per heavy atom. The number of carbonyl (C=O) groups is 1. The smallest absolute Gasteiger partial charge is 0.475 e. The van der Waals surface area contributed by atoms with Crippen LogP contribution in [0.5, 0.6) is 0 Å². The van der Waals surface area contributed by atoms with Gasteiger partial charge in [0.15, 0.2) is 0 Å². The summed E-state index contributed by atoms with van der Waals surface area (Å²) in [5.41, 5.74) is 7.40. The summed E-state index contributed by atoms with van der Waals surface area (Å²) < 4.78 is 51.0. The van der Waals surface area contributed by atoms with Crippen molar-refractivity contribution in [2.75, 3.05) is 13.2 Å². The Hall–Kier alpha value is -3.01. The Balaban J connectivity index is 0.000000345. The molecule has 28 heavy (non-hydrogen) atoms. The van der Waals surface area contributed by atoms with Crippen LogP contribution in [-0.4, -0.2) is 41.3 Å². The van der Waals surface area contributed by atoms with Crippen LogP contribution in [0.4, 0.5) is 17.6 Å². The van der Waals surface area contributed by atoms with Gasteiger partial charge in [-0.25, -0.2) is 9.78 Å².